The van der Waals surface area contributed by atoms with Crippen LogP contribution >= 0.6 is 23.7 Å². The Bertz CT molecular complexity index is 556. The van der Waals surface area contributed by atoms with Crippen molar-refractivity contribution in [2.24, 2.45) is 0 Å². The molecule has 1 aliphatic rings. The van der Waals surface area contributed by atoms with Crippen LogP contribution in [0.25, 0.3) is 0 Å². The Morgan fingerprint density at radius 2 is 2.14 bits per heavy atom. The number of rotatable bonds is 5. The minimum absolute atomic E-state index is 0. The van der Waals surface area contributed by atoms with Crippen LogP contribution in [0.15, 0.2) is 35.7 Å². The highest BCUT2D eigenvalue weighted by molar-refractivity contribution is 7.09. The van der Waals surface area contributed by atoms with Crippen LogP contribution in [0.2, 0.25) is 0 Å². The molecule has 2 heterocycles. The van der Waals surface area contributed by atoms with Gasteiger partial charge in [-0.25, -0.2) is 0 Å². The van der Waals surface area contributed by atoms with E-state index in [0.717, 1.165) is 18.7 Å². The summed E-state index contributed by atoms with van der Waals surface area (Å²) >= 11 is 1.87. The normalized spacial score (nSPS) is 14.3. The van der Waals surface area contributed by atoms with E-state index in [1.54, 1.807) is 7.11 Å². The first kappa shape index (κ1) is 16.3. The number of halogens is 1. The van der Waals surface area contributed by atoms with Gasteiger partial charge in [-0.2, -0.15) is 0 Å². The van der Waals surface area contributed by atoms with Crippen molar-refractivity contribution >= 4 is 23.7 Å². The lowest BCUT2D eigenvalue weighted by atomic mass is 9.99. The van der Waals surface area contributed by atoms with Crippen molar-refractivity contribution in [3.63, 3.8) is 0 Å². The first-order valence-electron chi connectivity index (χ1n) is 7.25. The first-order valence-corrected chi connectivity index (χ1v) is 8.13. The van der Waals surface area contributed by atoms with E-state index in [0.29, 0.717) is 0 Å². The Balaban J connectivity index is 0.00000161. The average molecular weight is 324 g/mol. The predicted octanol–water partition coefficient (Wildman–Crippen LogP) is 4.17. The molecule has 0 aliphatic carbocycles. The van der Waals surface area contributed by atoms with Gasteiger partial charge in [-0.15, -0.1) is 23.7 Å². The van der Waals surface area contributed by atoms with Crippen molar-refractivity contribution < 1.29 is 4.74 Å². The maximum Gasteiger partial charge on any atom is 0.119 e. The number of hydrogen-bond donors (Lipinski definition) is 0. The maximum atomic E-state index is 5.30. The zero-order valence-corrected chi connectivity index (χ0v) is 14.0. The second kappa shape index (κ2) is 7.83. The molecule has 1 aromatic carbocycles. The van der Waals surface area contributed by atoms with Crippen LogP contribution in [0.3, 0.4) is 0 Å². The molecule has 0 fully saturated rings. The van der Waals surface area contributed by atoms with Crippen molar-refractivity contribution in [1.29, 1.82) is 0 Å². The SMILES string of the molecule is COc1ccc2c(c1)CCN(CCCc1cccs1)C2.Cl. The molecule has 0 radical (unpaired) electrons. The van der Waals surface area contributed by atoms with Gasteiger partial charge in [-0.1, -0.05) is 12.1 Å². The lowest BCUT2D eigenvalue weighted by Gasteiger charge is -2.28. The molecule has 2 nitrogen and oxygen atoms in total. The molecule has 21 heavy (non-hydrogen) atoms. The van der Waals surface area contributed by atoms with Crippen LogP contribution in [-0.4, -0.2) is 25.1 Å². The molecule has 0 saturated carbocycles. The van der Waals surface area contributed by atoms with E-state index in [1.165, 1.54) is 41.9 Å². The van der Waals surface area contributed by atoms with Crippen LogP contribution in [0, 0.1) is 0 Å². The van der Waals surface area contributed by atoms with Gasteiger partial charge >= 0.3 is 0 Å². The quantitative estimate of drug-likeness (QED) is 0.819. The molecule has 4 heteroatoms. The van der Waals surface area contributed by atoms with Gasteiger partial charge in [0, 0.05) is 18.0 Å². The fraction of sp³-hybridized carbons (Fsp3) is 0.412. The molecule has 0 atom stereocenters. The van der Waals surface area contributed by atoms with E-state index < -0.39 is 0 Å². The zero-order chi connectivity index (χ0) is 13.8. The van der Waals surface area contributed by atoms with Gasteiger partial charge in [0.2, 0.25) is 0 Å². The van der Waals surface area contributed by atoms with E-state index in [4.69, 9.17) is 4.74 Å². The third-order valence-corrected chi connectivity index (χ3v) is 4.92. The molecular weight excluding hydrogens is 302 g/mol. The Morgan fingerprint density at radius 1 is 1.24 bits per heavy atom. The van der Waals surface area contributed by atoms with Gasteiger partial charge in [0.15, 0.2) is 0 Å². The Morgan fingerprint density at radius 3 is 2.90 bits per heavy atom. The van der Waals surface area contributed by atoms with Crippen molar-refractivity contribution in [1.82, 2.24) is 4.90 Å². The van der Waals surface area contributed by atoms with E-state index in [2.05, 4.69) is 40.6 Å². The lowest BCUT2D eigenvalue weighted by molar-refractivity contribution is 0.251. The Labute approximate surface area is 137 Å². The van der Waals surface area contributed by atoms with Crippen LogP contribution in [0.1, 0.15) is 22.4 Å². The third kappa shape index (κ3) is 4.22. The summed E-state index contributed by atoms with van der Waals surface area (Å²) in [5.74, 6) is 0.981. The highest BCUT2D eigenvalue weighted by Crippen LogP contribution is 2.24. The molecule has 1 aromatic heterocycles. The highest BCUT2D eigenvalue weighted by Gasteiger charge is 2.16. The molecule has 0 bridgehead atoms. The van der Waals surface area contributed by atoms with Crippen LogP contribution in [0.5, 0.6) is 5.75 Å². The monoisotopic (exact) mass is 323 g/mol. The van der Waals surface area contributed by atoms with Crippen molar-refractivity contribution in [3.8, 4) is 5.75 Å². The maximum absolute atomic E-state index is 5.30. The largest absolute Gasteiger partial charge is 0.497 e. The summed E-state index contributed by atoms with van der Waals surface area (Å²) in [6.45, 7) is 3.46. The predicted molar refractivity (Wildman–Crippen MR) is 91.9 cm³/mol. The van der Waals surface area contributed by atoms with Gasteiger partial charge in [0.05, 0.1) is 7.11 Å². The second-order valence-electron chi connectivity index (χ2n) is 5.34. The lowest BCUT2D eigenvalue weighted by Crippen LogP contribution is -2.31. The topological polar surface area (TPSA) is 12.5 Å². The van der Waals surface area contributed by atoms with Gasteiger partial charge in [0.1, 0.15) is 5.75 Å². The molecule has 2 aromatic rings. The summed E-state index contributed by atoms with van der Waals surface area (Å²) in [4.78, 5) is 4.08. The van der Waals surface area contributed by atoms with Crippen molar-refractivity contribution in [3.05, 3.63) is 51.7 Å². The summed E-state index contributed by atoms with van der Waals surface area (Å²) in [7, 11) is 1.74. The van der Waals surface area contributed by atoms with Crippen molar-refractivity contribution in [2.45, 2.75) is 25.8 Å². The highest BCUT2D eigenvalue weighted by atomic mass is 35.5. The molecular formula is C17H22ClNOS. The van der Waals surface area contributed by atoms with E-state index >= 15 is 0 Å². The first-order chi connectivity index (χ1) is 9.85. The number of methoxy groups -OCH3 is 1. The van der Waals surface area contributed by atoms with Gasteiger partial charge in [0.25, 0.3) is 0 Å². The number of thiophene rings is 1. The van der Waals surface area contributed by atoms with Crippen LogP contribution in [-0.2, 0) is 19.4 Å². The van der Waals surface area contributed by atoms with Crippen molar-refractivity contribution in [2.75, 3.05) is 20.2 Å². The summed E-state index contributed by atoms with van der Waals surface area (Å²) in [6.07, 6.45) is 3.61. The minimum Gasteiger partial charge on any atom is -0.497 e. The van der Waals surface area contributed by atoms with Gasteiger partial charge in [-0.3, -0.25) is 4.90 Å². The minimum atomic E-state index is 0. The van der Waals surface area contributed by atoms with E-state index in [9.17, 15) is 0 Å². The van der Waals surface area contributed by atoms with Gasteiger partial charge in [-0.05, 0) is 60.5 Å². The number of hydrogen-bond acceptors (Lipinski definition) is 3. The standard InChI is InChI=1S/C17H21NOS.ClH/c1-19-16-7-6-15-13-18(10-8-14(15)12-16)9-2-4-17-5-3-11-20-17;/h3,5-7,11-12H,2,4,8-10,13H2,1H3;1H. The number of benzene rings is 1. The number of fused-ring (bicyclic) bond motifs is 1. The molecule has 0 saturated heterocycles. The third-order valence-electron chi connectivity index (χ3n) is 3.98. The number of nitrogens with zero attached hydrogens (tertiary/aromatic N) is 1. The molecule has 114 valence electrons. The fourth-order valence-corrected chi connectivity index (χ4v) is 3.59. The van der Waals surface area contributed by atoms with Crippen LogP contribution < -0.4 is 4.74 Å². The summed E-state index contributed by atoms with van der Waals surface area (Å²) in [5.41, 5.74) is 2.92. The number of ether oxygens (including phenoxy) is 1. The number of aryl methyl sites for hydroxylation is 1. The summed E-state index contributed by atoms with van der Waals surface area (Å²) in [5, 5.41) is 2.17. The smallest absolute Gasteiger partial charge is 0.119 e. The molecule has 0 spiro atoms. The molecule has 3 rings (SSSR count). The molecule has 0 amide bonds. The second-order valence-corrected chi connectivity index (χ2v) is 6.38. The molecule has 0 unspecified atom stereocenters. The fourth-order valence-electron chi connectivity index (χ4n) is 2.84. The molecule has 1 aliphatic heterocycles. The Kier molecular flexibility index (Phi) is 6.09. The van der Waals surface area contributed by atoms with E-state index in [-0.39, 0.29) is 12.4 Å². The van der Waals surface area contributed by atoms with E-state index in [1.807, 2.05) is 11.3 Å². The average Bonchev–Trinajstić information content (AvgIpc) is 3.00. The zero-order valence-electron chi connectivity index (χ0n) is 12.4. The van der Waals surface area contributed by atoms with Gasteiger partial charge < -0.3 is 4.74 Å². The summed E-state index contributed by atoms with van der Waals surface area (Å²) < 4.78 is 5.30. The Hall–Kier alpha value is -1.03. The summed E-state index contributed by atoms with van der Waals surface area (Å²) in [6, 6.07) is 10.9. The van der Waals surface area contributed by atoms with Crippen LogP contribution in [0.4, 0.5) is 0 Å². The molecule has 0 N–H and O–H groups in total.